The second-order valence-corrected chi connectivity index (χ2v) is 9.54. The molecule has 0 unspecified atom stereocenters. The van der Waals surface area contributed by atoms with Crippen LogP contribution in [0.2, 0.25) is 0 Å². The van der Waals surface area contributed by atoms with E-state index in [1.165, 1.54) is 12.1 Å². The fourth-order valence-electron chi connectivity index (χ4n) is 4.51. The third-order valence-corrected chi connectivity index (χ3v) is 7.01. The first-order valence-electron chi connectivity index (χ1n) is 12.7. The Kier molecular flexibility index (Phi) is 10.1. The molecule has 2 fully saturated rings. The first-order valence-corrected chi connectivity index (χ1v) is 13.1. The van der Waals surface area contributed by atoms with Crippen LogP contribution in [0.25, 0.3) is 0 Å². The van der Waals surface area contributed by atoms with Gasteiger partial charge in [0.2, 0.25) is 0 Å². The van der Waals surface area contributed by atoms with E-state index in [2.05, 4.69) is 10.2 Å². The van der Waals surface area contributed by atoms with E-state index in [1.807, 2.05) is 9.80 Å². The van der Waals surface area contributed by atoms with Gasteiger partial charge in [-0.15, -0.1) is 0 Å². The van der Waals surface area contributed by atoms with Crippen LogP contribution in [-0.2, 0) is 9.47 Å². The van der Waals surface area contributed by atoms with Crippen molar-refractivity contribution < 1.29 is 28.1 Å². The number of halogens is 1. The average Bonchev–Trinajstić information content (AvgIpc) is 2.96. The number of thiocarbonyl (C=S) groups is 1. The van der Waals surface area contributed by atoms with Gasteiger partial charge in [0.05, 0.1) is 40.1 Å². The van der Waals surface area contributed by atoms with Gasteiger partial charge in [0.25, 0.3) is 5.91 Å². The molecule has 0 aliphatic carbocycles. The number of nitrogens with zero attached hydrogens (tertiary/aromatic N) is 3. The van der Waals surface area contributed by atoms with Crippen molar-refractivity contribution in [3.05, 3.63) is 53.8 Å². The number of carbonyl (C=O) groups is 1. The van der Waals surface area contributed by atoms with E-state index in [0.29, 0.717) is 68.2 Å². The second kappa shape index (κ2) is 13.7. The number of ether oxygens (including phenoxy) is 4. The molecule has 0 saturated carbocycles. The molecule has 0 aromatic heterocycles. The summed E-state index contributed by atoms with van der Waals surface area (Å²) in [6, 6.07) is 11.3. The van der Waals surface area contributed by atoms with Crippen molar-refractivity contribution in [1.29, 1.82) is 0 Å². The van der Waals surface area contributed by atoms with Gasteiger partial charge in [0.15, 0.2) is 16.6 Å². The van der Waals surface area contributed by atoms with Gasteiger partial charge in [-0.1, -0.05) is 0 Å². The molecule has 2 heterocycles. The SMILES string of the molecule is COc1ccc(C(=O)N(CCN2CCOCC2)C[C@H]2CN(C(=S)Nc3ccc(F)cc3)CCO2)cc1OC. The number of morpholine rings is 2. The van der Waals surface area contributed by atoms with Crippen molar-refractivity contribution >= 4 is 28.9 Å². The number of benzene rings is 2. The van der Waals surface area contributed by atoms with E-state index in [0.717, 1.165) is 25.3 Å². The van der Waals surface area contributed by atoms with Crippen LogP contribution in [-0.4, -0.2) is 112 Å². The van der Waals surface area contributed by atoms with Crippen LogP contribution < -0.4 is 14.8 Å². The maximum atomic E-state index is 13.7. The summed E-state index contributed by atoms with van der Waals surface area (Å²) in [6.45, 7) is 6.41. The highest BCUT2D eigenvalue weighted by Crippen LogP contribution is 2.28. The van der Waals surface area contributed by atoms with Crippen LogP contribution in [0.4, 0.5) is 10.1 Å². The Morgan fingerprint density at radius 1 is 1.08 bits per heavy atom. The lowest BCUT2D eigenvalue weighted by Crippen LogP contribution is -2.52. The van der Waals surface area contributed by atoms with Gasteiger partial charge in [-0.2, -0.15) is 0 Å². The summed E-state index contributed by atoms with van der Waals surface area (Å²) in [7, 11) is 3.12. The van der Waals surface area contributed by atoms with Crippen molar-refractivity contribution in [2.75, 3.05) is 85.2 Å². The number of methoxy groups -OCH3 is 2. The quantitative estimate of drug-likeness (QED) is 0.478. The summed E-state index contributed by atoms with van der Waals surface area (Å²) in [6.07, 6.45) is -0.231. The van der Waals surface area contributed by atoms with E-state index in [4.69, 9.17) is 31.2 Å². The van der Waals surface area contributed by atoms with Crippen molar-refractivity contribution in [3.8, 4) is 11.5 Å². The molecule has 2 aromatic carbocycles. The highest BCUT2D eigenvalue weighted by atomic mass is 32.1. The minimum absolute atomic E-state index is 0.105. The van der Waals surface area contributed by atoms with Crippen molar-refractivity contribution in [2.24, 2.45) is 0 Å². The lowest BCUT2D eigenvalue weighted by molar-refractivity contribution is -0.0228. The Bertz CT molecular complexity index is 1080. The summed E-state index contributed by atoms with van der Waals surface area (Å²) in [5, 5.41) is 3.70. The van der Waals surface area contributed by atoms with Gasteiger partial charge >= 0.3 is 0 Å². The molecule has 2 aromatic rings. The summed E-state index contributed by atoms with van der Waals surface area (Å²) in [4.78, 5) is 19.8. The number of hydrogen-bond acceptors (Lipinski definition) is 7. The van der Waals surface area contributed by atoms with E-state index in [9.17, 15) is 9.18 Å². The van der Waals surface area contributed by atoms with Crippen LogP contribution in [0.1, 0.15) is 10.4 Å². The van der Waals surface area contributed by atoms with Crippen molar-refractivity contribution in [2.45, 2.75) is 6.10 Å². The van der Waals surface area contributed by atoms with E-state index in [1.54, 1.807) is 44.6 Å². The number of amides is 1. The fourth-order valence-corrected chi connectivity index (χ4v) is 4.79. The Morgan fingerprint density at radius 2 is 1.82 bits per heavy atom. The number of hydrogen-bond donors (Lipinski definition) is 1. The molecule has 0 radical (unpaired) electrons. The first kappa shape index (κ1) is 28.0. The molecule has 1 amide bonds. The standard InChI is InChI=1S/C27H35FN4O5S/c1-34-24-8-3-20(17-25(24)35-2)26(33)31(10-9-30-11-14-36-15-12-30)18-23-19-32(13-16-37-23)27(38)29-22-6-4-21(28)5-7-22/h3-8,17,23H,9-16,18-19H2,1-2H3,(H,29,38)/t23-/m0/s1. The van der Waals surface area contributed by atoms with Gasteiger partial charge in [0, 0.05) is 57.1 Å². The molecule has 2 saturated heterocycles. The van der Waals surface area contributed by atoms with E-state index < -0.39 is 0 Å². The number of carbonyl (C=O) groups excluding carboxylic acids is 1. The Hall–Kier alpha value is -2.99. The number of rotatable bonds is 9. The van der Waals surface area contributed by atoms with Crippen molar-refractivity contribution in [1.82, 2.24) is 14.7 Å². The molecule has 9 nitrogen and oxygen atoms in total. The van der Waals surface area contributed by atoms with Gasteiger partial charge in [-0.3, -0.25) is 9.69 Å². The molecule has 11 heteroatoms. The molecular formula is C27H35FN4O5S. The maximum Gasteiger partial charge on any atom is 0.254 e. The third kappa shape index (κ3) is 7.53. The monoisotopic (exact) mass is 546 g/mol. The molecule has 2 aliphatic heterocycles. The summed E-state index contributed by atoms with van der Waals surface area (Å²) in [5.74, 6) is 0.664. The summed E-state index contributed by atoms with van der Waals surface area (Å²) >= 11 is 5.61. The van der Waals surface area contributed by atoms with Crippen molar-refractivity contribution in [3.63, 3.8) is 0 Å². The molecule has 4 rings (SSSR count). The normalized spacial score (nSPS) is 18.1. The lowest BCUT2D eigenvalue weighted by atomic mass is 10.1. The van der Waals surface area contributed by atoms with Gasteiger partial charge in [-0.05, 0) is 54.7 Å². The Balaban J connectivity index is 1.44. The molecule has 1 N–H and O–H groups in total. The van der Waals surface area contributed by atoms with Gasteiger partial charge < -0.3 is 34.1 Å². The maximum absolute atomic E-state index is 13.7. The lowest BCUT2D eigenvalue weighted by Gasteiger charge is -2.37. The first-order chi connectivity index (χ1) is 18.5. The molecule has 0 bridgehead atoms. The topological polar surface area (TPSA) is 75.7 Å². The van der Waals surface area contributed by atoms with E-state index in [-0.39, 0.29) is 17.8 Å². The molecule has 2 aliphatic rings. The van der Waals surface area contributed by atoms with Gasteiger partial charge in [-0.25, -0.2) is 4.39 Å². The highest BCUT2D eigenvalue weighted by molar-refractivity contribution is 7.80. The predicted molar refractivity (Wildman–Crippen MR) is 147 cm³/mol. The molecular weight excluding hydrogens is 511 g/mol. The fraction of sp³-hybridized carbons (Fsp3) is 0.481. The minimum Gasteiger partial charge on any atom is -0.493 e. The number of anilines is 1. The molecule has 206 valence electrons. The van der Waals surface area contributed by atoms with Crippen LogP contribution in [0.3, 0.4) is 0 Å². The highest BCUT2D eigenvalue weighted by Gasteiger charge is 2.28. The zero-order valence-electron chi connectivity index (χ0n) is 21.9. The van der Waals surface area contributed by atoms with Crippen LogP contribution in [0.5, 0.6) is 11.5 Å². The van der Waals surface area contributed by atoms with E-state index >= 15 is 0 Å². The summed E-state index contributed by atoms with van der Waals surface area (Å²) < 4.78 is 35.5. The average molecular weight is 547 g/mol. The molecule has 38 heavy (non-hydrogen) atoms. The smallest absolute Gasteiger partial charge is 0.254 e. The number of nitrogens with one attached hydrogen (secondary N) is 1. The summed E-state index contributed by atoms with van der Waals surface area (Å²) in [5.41, 5.74) is 1.24. The molecule has 1 atom stereocenters. The predicted octanol–water partition coefficient (Wildman–Crippen LogP) is 2.72. The second-order valence-electron chi connectivity index (χ2n) is 9.15. The molecule has 0 spiro atoms. The zero-order chi connectivity index (χ0) is 26.9. The van der Waals surface area contributed by atoms with Gasteiger partial charge in [0.1, 0.15) is 5.82 Å². The van der Waals surface area contributed by atoms with Crippen LogP contribution in [0.15, 0.2) is 42.5 Å². The van der Waals surface area contributed by atoms with Crippen LogP contribution in [0, 0.1) is 5.82 Å². The Labute approximate surface area is 228 Å². The minimum atomic E-state index is -0.302. The Morgan fingerprint density at radius 3 is 2.53 bits per heavy atom. The van der Waals surface area contributed by atoms with Crippen LogP contribution >= 0.6 is 12.2 Å². The zero-order valence-corrected chi connectivity index (χ0v) is 22.7. The largest absolute Gasteiger partial charge is 0.493 e. The third-order valence-electron chi connectivity index (χ3n) is 6.65.